The van der Waals surface area contributed by atoms with E-state index >= 15 is 0 Å². The lowest BCUT2D eigenvalue weighted by atomic mass is 10.0. The molecule has 0 fully saturated rings. The fourth-order valence-corrected chi connectivity index (χ4v) is 12.6. The van der Waals surface area contributed by atoms with Gasteiger partial charge in [0.05, 0.1) is 27.7 Å². The van der Waals surface area contributed by atoms with Crippen LogP contribution in [0.15, 0.2) is 134 Å². The minimum atomic E-state index is -4.40. The van der Waals surface area contributed by atoms with E-state index < -0.39 is 26.5 Å². The molecule has 0 rings (SSSR count). The lowest BCUT2D eigenvalue weighted by Gasteiger charge is -2.24. The SMILES string of the molecule is CC/C=C\C/C=C\C/C=C\C/C=C\C/C=C\C/C=C\C/C=C\C/C=C\C/C=C\C/C=C\CCCCCCCCCCCCC(=O)OC(COC(=O)CCCCCCCCCCCCCCCCCCCCCCCCC/C=C\CCCCCCCCCC)COP(=O)(O)OCC[N+](C)(C)C. The van der Waals surface area contributed by atoms with E-state index in [1.807, 2.05) is 21.1 Å². The minimum absolute atomic E-state index is 0.0272. The Morgan fingerprint density at radius 1 is 0.320 bits per heavy atom. The van der Waals surface area contributed by atoms with E-state index in [4.69, 9.17) is 18.5 Å². The van der Waals surface area contributed by atoms with Gasteiger partial charge in [0.2, 0.25) is 0 Å². The Hall–Kier alpha value is -3.85. The molecule has 0 bridgehead atoms. The maximum Gasteiger partial charge on any atom is 0.472 e. The number of likely N-dealkylation sites (N-methyl/N-ethyl adjacent to an activating group) is 1. The minimum Gasteiger partial charge on any atom is -0.462 e. The third kappa shape index (κ3) is 83.1. The molecule has 0 spiro atoms. The normalized spacial score (nSPS) is 13.7. The molecule has 0 radical (unpaired) electrons. The fraction of sp³-hybridized carbons (Fsp3) is 0.733. The molecule has 0 aliphatic rings. The Labute approximate surface area is 619 Å². The first-order valence-electron chi connectivity index (χ1n) is 41.9. The number of allylic oxidation sites excluding steroid dienone is 22. The average Bonchev–Trinajstić information content (AvgIpc) is 1.30. The average molecular weight is 1410 g/mol. The molecule has 576 valence electrons. The summed E-state index contributed by atoms with van der Waals surface area (Å²) >= 11 is 0. The summed E-state index contributed by atoms with van der Waals surface area (Å²) in [5.41, 5.74) is 0. The molecular weight excluding hydrogens is 1250 g/mol. The van der Waals surface area contributed by atoms with E-state index in [0.717, 1.165) is 109 Å². The van der Waals surface area contributed by atoms with E-state index in [1.165, 1.54) is 231 Å². The molecule has 2 atom stereocenters. The van der Waals surface area contributed by atoms with Gasteiger partial charge in [0, 0.05) is 12.8 Å². The van der Waals surface area contributed by atoms with Crippen LogP contribution in [0.25, 0.3) is 0 Å². The number of rotatable bonds is 77. The smallest absolute Gasteiger partial charge is 0.462 e. The van der Waals surface area contributed by atoms with Gasteiger partial charge >= 0.3 is 19.8 Å². The molecule has 1 N–H and O–H groups in total. The first-order valence-corrected chi connectivity index (χ1v) is 43.4. The van der Waals surface area contributed by atoms with Crippen molar-refractivity contribution in [3.05, 3.63) is 134 Å². The highest BCUT2D eigenvalue weighted by Crippen LogP contribution is 2.43. The number of hydrogen-bond acceptors (Lipinski definition) is 7. The summed E-state index contributed by atoms with van der Waals surface area (Å²) < 4.78 is 34.8. The van der Waals surface area contributed by atoms with E-state index in [0.29, 0.717) is 17.4 Å². The van der Waals surface area contributed by atoms with Crippen LogP contribution >= 0.6 is 7.82 Å². The third-order valence-electron chi connectivity index (χ3n) is 18.2. The summed E-state index contributed by atoms with van der Waals surface area (Å²) in [7, 11) is 1.48. The zero-order valence-electron chi connectivity index (χ0n) is 65.9. The molecule has 0 amide bonds. The molecular formula is C90H159NO8P+. The highest BCUT2D eigenvalue weighted by molar-refractivity contribution is 7.47. The molecule has 2 unspecified atom stereocenters. The summed E-state index contributed by atoms with van der Waals surface area (Å²) in [4.78, 5) is 36.0. The highest BCUT2D eigenvalue weighted by atomic mass is 31.2. The molecule has 0 saturated heterocycles. The number of hydrogen-bond donors (Lipinski definition) is 1. The lowest BCUT2D eigenvalue weighted by molar-refractivity contribution is -0.870. The molecule has 0 heterocycles. The van der Waals surface area contributed by atoms with Crippen LogP contribution in [0, 0.1) is 0 Å². The van der Waals surface area contributed by atoms with Gasteiger partial charge in [-0.3, -0.25) is 18.6 Å². The van der Waals surface area contributed by atoms with Crippen LogP contribution in [0.5, 0.6) is 0 Å². The molecule has 0 aromatic rings. The fourth-order valence-electron chi connectivity index (χ4n) is 11.8. The lowest BCUT2D eigenvalue weighted by Crippen LogP contribution is -2.37. The van der Waals surface area contributed by atoms with Crippen molar-refractivity contribution in [3.63, 3.8) is 0 Å². The molecule has 10 heteroatoms. The Balaban J connectivity index is 3.99. The summed E-state index contributed by atoms with van der Waals surface area (Å²) in [5, 5.41) is 0. The number of carbonyl (C=O) groups excluding carboxylic acids is 2. The number of quaternary nitrogens is 1. The summed E-state index contributed by atoms with van der Waals surface area (Å²) in [6, 6.07) is 0. The molecule has 0 aromatic carbocycles. The summed E-state index contributed by atoms with van der Waals surface area (Å²) in [5.74, 6) is -0.793. The van der Waals surface area contributed by atoms with Crippen molar-refractivity contribution in [1.82, 2.24) is 0 Å². The van der Waals surface area contributed by atoms with E-state index in [1.54, 1.807) is 0 Å². The molecule has 0 aliphatic heterocycles. The predicted octanol–water partition coefficient (Wildman–Crippen LogP) is 28.3. The van der Waals surface area contributed by atoms with Crippen molar-refractivity contribution < 1.29 is 42.1 Å². The Morgan fingerprint density at radius 2 is 0.570 bits per heavy atom. The van der Waals surface area contributed by atoms with Crippen molar-refractivity contribution in [1.29, 1.82) is 0 Å². The second-order valence-corrected chi connectivity index (χ2v) is 30.6. The highest BCUT2D eigenvalue weighted by Gasteiger charge is 2.27. The zero-order chi connectivity index (χ0) is 72.5. The van der Waals surface area contributed by atoms with Crippen LogP contribution < -0.4 is 0 Å². The van der Waals surface area contributed by atoms with Gasteiger partial charge in [0.25, 0.3) is 0 Å². The zero-order valence-corrected chi connectivity index (χ0v) is 66.8. The third-order valence-corrected chi connectivity index (χ3v) is 19.1. The van der Waals surface area contributed by atoms with Gasteiger partial charge in [-0.25, -0.2) is 4.57 Å². The maximum atomic E-state index is 12.9. The molecule has 0 aliphatic carbocycles. The van der Waals surface area contributed by atoms with Gasteiger partial charge < -0.3 is 18.9 Å². The number of nitrogens with zero attached hydrogens (tertiary/aromatic N) is 1. The summed E-state index contributed by atoms with van der Waals surface area (Å²) in [6.07, 6.45) is 116. The standard InChI is InChI=1S/C90H158NO8P/c1-6-8-10-12-14-16-18-20-22-24-26-28-30-32-34-36-38-40-42-43-44-45-46-47-49-51-53-55-57-59-61-63-65-67-69-71-73-75-77-79-81-83-90(93)99-88(87-98-100(94,95)97-85-84-91(3,4)5)86-96-89(92)82-80-78-76-74-72-70-68-66-64-62-60-58-56-54-52-50-48-41-39-37-35-33-31-29-27-25-23-21-19-17-15-13-11-9-7-2/h8,10,14,16,20,22,25-28,32,34,38,40,43-44,46-47,51,53,57,59,88H,6-7,9,11-13,15,17-19,21,23-24,29-31,33,35-37,39,41-42,45,48-50,52,54-56,58,60-87H2,1-5H3/p+1/b10-8-,16-14-,22-20-,27-25-,28-26-,34-32-,40-38-,44-43-,47-46-,53-51-,59-57-. The van der Waals surface area contributed by atoms with E-state index in [9.17, 15) is 19.0 Å². The first-order chi connectivity index (χ1) is 49.0. The Kier molecular flexibility index (Phi) is 76.2. The quantitative estimate of drug-likeness (QED) is 0.0211. The molecule has 9 nitrogen and oxygen atoms in total. The van der Waals surface area contributed by atoms with Crippen molar-refractivity contribution in [3.8, 4) is 0 Å². The number of phosphoric acid groups is 1. The van der Waals surface area contributed by atoms with Gasteiger partial charge in [-0.15, -0.1) is 0 Å². The summed E-state index contributed by atoms with van der Waals surface area (Å²) in [6.45, 7) is 4.35. The van der Waals surface area contributed by atoms with E-state index in [2.05, 4.69) is 148 Å². The molecule has 100 heavy (non-hydrogen) atoms. The first kappa shape index (κ1) is 96.2. The monoisotopic (exact) mass is 1410 g/mol. The number of ether oxygens (including phenoxy) is 2. The van der Waals surface area contributed by atoms with Crippen LogP contribution in [0.2, 0.25) is 0 Å². The second kappa shape index (κ2) is 79.3. The van der Waals surface area contributed by atoms with E-state index in [-0.39, 0.29) is 32.0 Å². The van der Waals surface area contributed by atoms with Gasteiger partial charge in [0.1, 0.15) is 19.8 Å². The van der Waals surface area contributed by atoms with Crippen LogP contribution in [0.3, 0.4) is 0 Å². The van der Waals surface area contributed by atoms with Crippen molar-refractivity contribution in [2.45, 2.75) is 380 Å². The van der Waals surface area contributed by atoms with Gasteiger partial charge in [0.15, 0.2) is 6.10 Å². The van der Waals surface area contributed by atoms with Crippen LogP contribution in [-0.2, 0) is 32.7 Å². The number of carbonyl (C=O) groups is 2. The van der Waals surface area contributed by atoms with Crippen molar-refractivity contribution in [2.75, 3.05) is 47.5 Å². The topological polar surface area (TPSA) is 108 Å². The van der Waals surface area contributed by atoms with Crippen LogP contribution in [0.1, 0.15) is 373 Å². The number of phosphoric ester groups is 1. The number of esters is 2. The largest absolute Gasteiger partial charge is 0.472 e. The number of unbranched alkanes of at least 4 members (excludes halogenated alkanes) is 41. The Bertz CT molecular complexity index is 2160. The molecule has 0 aromatic heterocycles. The van der Waals surface area contributed by atoms with Crippen molar-refractivity contribution >= 4 is 19.8 Å². The van der Waals surface area contributed by atoms with Crippen LogP contribution in [0.4, 0.5) is 0 Å². The van der Waals surface area contributed by atoms with Gasteiger partial charge in [-0.1, -0.05) is 379 Å². The Morgan fingerprint density at radius 3 is 0.860 bits per heavy atom. The maximum absolute atomic E-state index is 12.9. The van der Waals surface area contributed by atoms with Gasteiger partial charge in [-0.2, -0.15) is 0 Å². The van der Waals surface area contributed by atoms with Crippen molar-refractivity contribution in [2.24, 2.45) is 0 Å². The molecule has 0 saturated carbocycles. The van der Waals surface area contributed by atoms with Crippen LogP contribution in [-0.4, -0.2) is 74.9 Å². The van der Waals surface area contributed by atoms with Gasteiger partial charge in [-0.05, 0) is 116 Å². The second-order valence-electron chi connectivity index (χ2n) is 29.1. The predicted molar refractivity (Wildman–Crippen MR) is 436 cm³/mol.